The first-order valence-electron chi connectivity index (χ1n) is 7.09. The number of rotatable bonds is 5. The van der Waals surface area contributed by atoms with Crippen molar-refractivity contribution in [2.45, 2.75) is 52.6 Å². The van der Waals surface area contributed by atoms with Gasteiger partial charge in [-0.2, -0.15) is 0 Å². The lowest BCUT2D eigenvalue weighted by Gasteiger charge is -2.21. The van der Waals surface area contributed by atoms with Gasteiger partial charge in [-0.05, 0) is 54.4 Å². The minimum atomic E-state index is 0.0523. The first-order valence-corrected chi connectivity index (χ1v) is 7.09. The first-order chi connectivity index (χ1) is 8.86. The Kier molecular flexibility index (Phi) is 4.10. The lowest BCUT2D eigenvalue weighted by molar-refractivity contribution is 0.101. The quantitative estimate of drug-likeness (QED) is 0.745. The molecule has 0 bridgehead atoms. The van der Waals surface area contributed by atoms with Crippen molar-refractivity contribution in [1.29, 1.82) is 0 Å². The highest BCUT2D eigenvalue weighted by atomic mass is 16.5. The predicted molar refractivity (Wildman–Crippen MR) is 77.5 cm³/mol. The van der Waals surface area contributed by atoms with Crippen LogP contribution in [0.15, 0.2) is 18.2 Å². The molecule has 1 aliphatic carbocycles. The number of carbonyl (C=O) groups is 1. The molecule has 1 fully saturated rings. The van der Waals surface area contributed by atoms with Crippen LogP contribution in [0.25, 0.3) is 0 Å². The standard InChI is InChI=1S/C17H24O2/c1-12(18)15-7-14(11-19-10-13-5-6-13)8-16(9-15)17(2,3)4/h7-9,13H,5-6,10-11H2,1-4H3. The number of carbonyl (C=O) groups excluding carboxylic acids is 1. The van der Waals surface area contributed by atoms with Crippen LogP contribution in [-0.4, -0.2) is 12.4 Å². The predicted octanol–water partition coefficient (Wildman–Crippen LogP) is 4.11. The van der Waals surface area contributed by atoms with Crippen LogP contribution in [0, 0.1) is 5.92 Å². The maximum absolute atomic E-state index is 11.6. The molecule has 104 valence electrons. The molecule has 0 amide bonds. The van der Waals surface area contributed by atoms with Gasteiger partial charge in [0, 0.05) is 12.2 Å². The average molecular weight is 260 g/mol. The molecule has 0 unspecified atom stereocenters. The van der Waals surface area contributed by atoms with Crippen molar-refractivity contribution in [1.82, 2.24) is 0 Å². The smallest absolute Gasteiger partial charge is 0.159 e. The fraction of sp³-hybridized carbons (Fsp3) is 0.588. The summed E-state index contributed by atoms with van der Waals surface area (Å²) in [4.78, 5) is 11.6. The Labute approximate surface area is 116 Å². The molecule has 0 heterocycles. The van der Waals surface area contributed by atoms with Crippen molar-refractivity contribution in [3.63, 3.8) is 0 Å². The van der Waals surface area contributed by atoms with E-state index >= 15 is 0 Å². The molecule has 2 rings (SSSR count). The summed E-state index contributed by atoms with van der Waals surface area (Å²) in [5, 5.41) is 0. The fourth-order valence-corrected chi connectivity index (χ4v) is 2.04. The zero-order chi connectivity index (χ0) is 14.0. The van der Waals surface area contributed by atoms with Crippen molar-refractivity contribution in [3.8, 4) is 0 Å². The third kappa shape index (κ3) is 4.17. The van der Waals surface area contributed by atoms with Crippen molar-refractivity contribution >= 4 is 5.78 Å². The van der Waals surface area contributed by atoms with E-state index in [9.17, 15) is 4.79 Å². The van der Waals surface area contributed by atoms with Gasteiger partial charge in [-0.3, -0.25) is 4.79 Å². The number of Topliss-reactive ketones (excluding diaryl/α,β-unsaturated/α-hetero) is 1. The second kappa shape index (κ2) is 5.46. The monoisotopic (exact) mass is 260 g/mol. The minimum absolute atomic E-state index is 0.0523. The average Bonchev–Trinajstić information content (AvgIpc) is 3.11. The van der Waals surface area contributed by atoms with Gasteiger partial charge in [-0.1, -0.05) is 26.8 Å². The van der Waals surface area contributed by atoms with E-state index in [0.717, 1.165) is 23.7 Å². The van der Waals surface area contributed by atoms with Gasteiger partial charge in [-0.25, -0.2) is 0 Å². The number of benzene rings is 1. The Hall–Kier alpha value is -1.15. The van der Waals surface area contributed by atoms with E-state index in [0.29, 0.717) is 6.61 Å². The summed E-state index contributed by atoms with van der Waals surface area (Å²) in [7, 11) is 0. The molecule has 0 saturated heterocycles. The number of ketones is 1. The van der Waals surface area contributed by atoms with Gasteiger partial charge in [0.15, 0.2) is 5.78 Å². The molecule has 0 atom stereocenters. The zero-order valence-electron chi connectivity index (χ0n) is 12.5. The van der Waals surface area contributed by atoms with Gasteiger partial charge in [0.2, 0.25) is 0 Å². The molecule has 2 heteroatoms. The normalized spacial score (nSPS) is 15.6. The minimum Gasteiger partial charge on any atom is -0.376 e. The van der Waals surface area contributed by atoms with Crippen LogP contribution >= 0.6 is 0 Å². The van der Waals surface area contributed by atoms with Crippen molar-refractivity contribution in [2.75, 3.05) is 6.61 Å². The third-order valence-electron chi connectivity index (χ3n) is 3.58. The largest absolute Gasteiger partial charge is 0.376 e. The summed E-state index contributed by atoms with van der Waals surface area (Å²) in [5.74, 6) is 0.896. The molecule has 0 aliphatic heterocycles. The van der Waals surface area contributed by atoms with E-state index in [1.807, 2.05) is 12.1 Å². The van der Waals surface area contributed by atoms with E-state index in [-0.39, 0.29) is 11.2 Å². The molecule has 0 spiro atoms. The van der Waals surface area contributed by atoms with Crippen LogP contribution in [0.1, 0.15) is 62.0 Å². The van der Waals surface area contributed by atoms with Gasteiger partial charge >= 0.3 is 0 Å². The molecule has 19 heavy (non-hydrogen) atoms. The first kappa shape index (κ1) is 14.3. The van der Waals surface area contributed by atoms with E-state index in [1.165, 1.54) is 18.4 Å². The summed E-state index contributed by atoms with van der Waals surface area (Å²) in [5.41, 5.74) is 3.15. The lowest BCUT2D eigenvalue weighted by atomic mass is 9.84. The highest BCUT2D eigenvalue weighted by molar-refractivity contribution is 5.94. The summed E-state index contributed by atoms with van der Waals surface area (Å²) >= 11 is 0. The third-order valence-corrected chi connectivity index (χ3v) is 3.58. The fourth-order valence-electron chi connectivity index (χ4n) is 2.04. The Morgan fingerprint density at radius 3 is 2.47 bits per heavy atom. The van der Waals surface area contributed by atoms with Crippen LogP contribution in [0.4, 0.5) is 0 Å². The van der Waals surface area contributed by atoms with Gasteiger partial charge in [0.1, 0.15) is 0 Å². The van der Waals surface area contributed by atoms with E-state index in [1.54, 1.807) is 6.92 Å². The summed E-state index contributed by atoms with van der Waals surface area (Å²) in [6.07, 6.45) is 2.61. The summed E-state index contributed by atoms with van der Waals surface area (Å²) < 4.78 is 5.73. The van der Waals surface area contributed by atoms with Crippen LogP contribution in [0.2, 0.25) is 0 Å². The Morgan fingerprint density at radius 1 is 1.26 bits per heavy atom. The van der Waals surface area contributed by atoms with Gasteiger partial charge in [0.05, 0.1) is 6.61 Å². The molecule has 1 aromatic rings. The highest BCUT2D eigenvalue weighted by Crippen LogP contribution is 2.29. The van der Waals surface area contributed by atoms with Crippen molar-refractivity contribution in [3.05, 3.63) is 34.9 Å². The molecule has 1 aliphatic rings. The maximum atomic E-state index is 11.6. The van der Waals surface area contributed by atoms with E-state index in [4.69, 9.17) is 4.74 Å². The molecular weight excluding hydrogens is 236 g/mol. The van der Waals surface area contributed by atoms with Gasteiger partial charge in [0.25, 0.3) is 0 Å². The van der Waals surface area contributed by atoms with Crippen LogP contribution in [-0.2, 0) is 16.8 Å². The lowest BCUT2D eigenvalue weighted by Crippen LogP contribution is -2.13. The molecule has 1 aromatic carbocycles. The molecule has 1 saturated carbocycles. The van der Waals surface area contributed by atoms with Crippen LogP contribution in [0.5, 0.6) is 0 Å². The Morgan fingerprint density at radius 2 is 1.95 bits per heavy atom. The van der Waals surface area contributed by atoms with Crippen LogP contribution < -0.4 is 0 Å². The molecule has 0 aromatic heterocycles. The maximum Gasteiger partial charge on any atom is 0.159 e. The number of hydrogen-bond acceptors (Lipinski definition) is 2. The topological polar surface area (TPSA) is 26.3 Å². The summed E-state index contributed by atoms with van der Waals surface area (Å²) in [6, 6.07) is 6.14. The molecule has 0 N–H and O–H groups in total. The summed E-state index contributed by atoms with van der Waals surface area (Å²) in [6.45, 7) is 9.59. The SMILES string of the molecule is CC(=O)c1cc(COCC2CC2)cc(C(C)(C)C)c1. The second-order valence-electron chi connectivity index (χ2n) is 6.68. The Bertz CT molecular complexity index is 465. The molecular formula is C17H24O2. The van der Waals surface area contributed by atoms with Gasteiger partial charge < -0.3 is 4.74 Å². The van der Waals surface area contributed by atoms with Crippen molar-refractivity contribution < 1.29 is 9.53 Å². The zero-order valence-corrected chi connectivity index (χ0v) is 12.5. The van der Waals surface area contributed by atoms with E-state index < -0.39 is 0 Å². The molecule has 2 nitrogen and oxygen atoms in total. The molecule has 0 radical (unpaired) electrons. The van der Waals surface area contributed by atoms with Gasteiger partial charge in [-0.15, -0.1) is 0 Å². The Balaban J connectivity index is 2.15. The second-order valence-corrected chi connectivity index (χ2v) is 6.68. The van der Waals surface area contributed by atoms with E-state index in [2.05, 4.69) is 26.8 Å². The number of ether oxygens (including phenoxy) is 1. The number of hydrogen-bond donors (Lipinski definition) is 0. The van der Waals surface area contributed by atoms with Crippen molar-refractivity contribution in [2.24, 2.45) is 5.92 Å². The highest BCUT2D eigenvalue weighted by Gasteiger charge is 2.21. The van der Waals surface area contributed by atoms with Crippen LogP contribution in [0.3, 0.4) is 0 Å².